The summed E-state index contributed by atoms with van der Waals surface area (Å²) in [6.45, 7) is 6.43. The van der Waals surface area contributed by atoms with E-state index in [-0.39, 0.29) is 22.4 Å². The lowest BCUT2D eigenvalue weighted by Crippen LogP contribution is -2.11. The molecule has 0 aromatic carbocycles. The first-order chi connectivity index (χ1) is 6.48. The maximum Gasteiger partial charge on any atom is 0.160 e. The monoisotopic (exact) mass is 269 g/mol. The molecule has 0 unspecified atom stereocenters. The summed E-state index contributed by atoms with van der Waals surface area (Å²) >= 11 is 0. The van der Waals surface area contributed by atoms with E-state index in [1.165, 1.54) is 0 Å². The van der Waals surface area contributed by atoms with Crippen LogP contribution in [-0.2, 0) is 5.41 Å². The van der Waals surface area contributed by atoms with Gasteiger partial charge in [0.25, 0.3) is 0 Å². The molecule has 0 aliphatic rings. The van der Waals surface area contributed by atoms with Gasteiger partial charge in [-0.15, -0.1) is 17.0 Å². The number of anilines is 1. The number of nitrogen functional groups attached to an aromatic ring is 1. The van der Waals surface area contributed by atoms with Gasteiger partial charge in [-0.3, -0.25) is 0 Å². The number of imidazole rings is 1. The fraction of sp³-hybridized carbons (Fsp3) is 0.364. The SMILES string of the molecule is Br.CC(C)(C)c1cn2cccc(N)c2n1. The number of aromatic nitrogens is 2. The first kappa shape index (κ1) is 12.0. The van der Waals surface area contributed by atoms with Gasteiger partial charge in [-0.1, -0.05) is 20.8 Å². The van der Waals surface area contributed by atoms with Gasteiger partial charge in [0.15, 0.2) is 5.65 Å². The second-order valence-electron chi connectivity index (χ2n) is 4.57. The Kier molecular flexibility index (Phi) is 3.09. The van der Waals surface area contributed by atoms with E-state index in [0.717, 1.165) is 17.0 Å². The minimum atomic E-state index is 0. The highest BCUT2D eigenvalue weighted by atomic mass is 79.9. The van der Waals surface area contributed by atoms with Crippen LogP contribution >= 0.6 is 17.0 Å². The summed E-state index contributed by atoms with van der Waals surface area (Å²) in [5.74, 6) is 0. The molecule has 0 radical (unpaired) electrons. The molecule has 0 saturated heterocycles. The number of pyridine rings is 1. The van der Waals surface area contributed by atoms with Crippen LogP contribution in [0.4, 0.5) is 5.69 Å². The maximum absolute atomic E-state index is 5.83. The number of rotatable bonds is 0. The van der Waals surface area contributed by atoms with Crippen molar-refractivity contribution < 1.29 is 0 Å². The van der Waals surface area contributed by atoms with Gasteiger partial charge in [-0.25, -0.2) is 4.98 Å². The van der Waals surface area contributed by atoms with E-state index in [9.17, 15) is 0 Å². The Morgan fingerprint density at radius 1 is 1.33 bits per heavy atom. The minimum Gasteiger partial charge on any atom is -0.396 e. The summed E-state index contributed by atoms with van der Waals surface area (Å²) in [5, 5.41) is 0. The second kappa shape index (κ2) is 3.85. The van der Waals surface area contributed by atoms with Crippen LogP contribution in [0.25, 0.3) is 5.65 Å². The van der Waals surface area contributed by atoms with Crippen molar-refractivity contribution in [3.8, 4) is 0 Å². The number of nitrogens with zero attached hydrogens (tertiary/aromatic N) is 2. The fourth-order valence-electron chi connectivity index (χ4n) is 1.40. The number of hydrogen-bond donors (Lipinski definition) is 1. The highest BCUT2D eigenvalue weighted by Crippen LogP contribution is 2.23. The van der Waals surface area contributed by atoms with Crippen LogP contribution in [0.5, 0.6) is 0 Å². The van der Waals surface area contributed by atoms with Gasteiger partial charge in [0, 0.05) is 17.8 Å². The van der Waals surface area contributed by atoms with E-state index in [1.807, 2.05) is 28.9 Å². The summed E-state index contributed by atoms with van der Waals surface area (Å²) < 4.78 is 1.97. The van der Waals surface area contributed by atoms with Crippen LogP contribution in [0, 0.1) is 0 Å². The molecule has 82 valence electrons. The van der Waals surface area contributed by atoms with Crippen molar-refractivity contribution in [3.05, 3.63) is 30.2 Å². The smallest absolute Gasteiger partial charge is 0.160 e. The lowest BCUT2D eigenvalue weighted by atomic mass is 9.93. The van der Waals surface area contributed by atoms with Crippen molar-refractivity contribution in [1.82, 2.24) is 9.38 Å². The molecule has 0 atom stereocenters. The molecule has 3 nitrogen and oxygen atoms in total. The number of hydrogen-bond acceptors (Lipinski definition) is 2. The average Bonchev–Trinajstić information content (AvgIpc) is 2.48. The normalized spacial score (nSPS) is 11.4. The van der Waals surface area contributed by atoms with E-state index in [4.69, 9.17) is 5.73 Å². The third kappa shape index (κ3) is 2.15. The quantitative estimate of drug-likeness (QED) is 0.800. The maximum atomic E-state index is 5.83. The zero-order valence-electron chi connectivity index (χ0n) is 9.19. The van der Waals surface area contributed by atoms with Crippen molar-refractivity contribution in [2.75, 3.05) is 5.73 Å². The van der Waals surface area contributed by atoms with Crippen LogP contribution < -0.4 is 5.73 Å². The predicted octanol–water partition coefficient (Wildman–Crippen LogP) is 2.79. The molecule has 2 aromatic heterocycles. The predicted molar refractivity (Wildman–Crippen MR) is 68.6 cm³/mol. The molecular formula is C11H16BrN3. The van der Waals surface area contributed by atoms with Crippen LogP contribution in [0.1, 0.15) is 26.5 Å². The van der Waals surface area contributed by atoms with Crippen molar-refractivity contribution in [3.63, 3.8) is 0 Å². The van der Waals surface area contributed by atoms with Gasteiger partial charge in [-0.05, 0) is 12.1 Å². The summed E-state index contributed by atoms with van der Waals surface area (Å²) in [4.78, 5) is 4.52. The molecule has 2 rings (SSSR count). The zero-order chi connectivity index (χ0) is 10.3. The van der Waals surface area contributed by atoms with E-state index in [1.54, 1.807) is 0 Å². The van der Waals surface area contributed by atoms with E-state index in [0.29, 0.717) is 0 Å². The van der Waals surface area contributed by atoms with Crippen LogP contribution in [0.3, 0.4) is 0 Å². The summed E-state index contributed by atoms with van der Waals surface area (Å²) in [6, 6.07) is 3.80. The fourth-order valence-corrected chi connectivity index (χ4v) is 1.40. The molecular weight excluding hydrogens is 254 g/mol. The van der Waals surface area contributed by atoms with Gasteiger partial charge in [0.1, 0.15) is 0 Å². The Labute approximate surface area is 100 Å². The first-order valence-corrected chi connectivity index (χ1v) is 4.72. The zero-order valence-corrected chi connectivity index (χ0v) is 10.9. The Hall–Kier alpha value is -1.03. The van der Waals surface area contributed by atoms with Gasteiger partial charge >= 0.3 is 0 Å². The molecule has 0 saturated carbocycles. The summed E-state index contributed by atoms with van der Waals surface area (Å²) in [5.41, 5.74) is 8.53. The van der Waals surface area contributed by atoms with Crippen LogP contribution in [0.15, 0.2) is 24.5 Å². The van der Waals surface area contributed by atoms with Crippen LogP contribution in [-0.4, -0.2) is 9.38 Å². The molecule has 0 spiro atoms. The van der Waals surface area contributed by atoms with Crippen molar-refractivity contribution in [2.24, 2.45) is 0 Å². The van der Waals surface area contributed by atoms with Gasteiger partial charge in [0.2, 0.25) is 0 Å². The van der Waals surface area contributed by atoms with Crippen molar-refractivity contribution >= 4 is 28.3 Å². The molecule has 0 aliphatic carbocycles. The highest BCUT2D eigenvalue weighted by Gasteiger charge is 2.17. The third-order valence-electron chi connectivity index (χ3n) is 2.28. The lowest BCUT2D eigenvalue weighted by Gasteiger charge is -2.13. The largest absolute Gasteiger partial charge is 0.396 e. The van der Waals surface area contributed by atoms with Gasteiger partial charge in [0.05, 0.1) is 11.4 Å². The molecule has 0 aliphatic heterocycles. The second-order valence-corrected chi connectivity index (χ2v) is 4.57. The molecule has 0 fully saturated rings. The molecule has 0 amide bonds. The lowest BCUT2D eigenvalue weighted by molar-refractivity contribution is 0.573. The number of nitrogens with two attached hydrogens (primary N) is 1. The number of halogens is 1. The number of fused-ring (bicyclic) bond motifs is 1. The molecule has 2 aromatic rings. The summed E-state index contributed by atoms with van der Waals surface area (Å²) in [7, 11) is 0. The van der Waals surface area contributed by atoms with Crippen molar-refractivity contribution in [1.29, 1.82) is 0 Å². The molecule has 0 bridgehead atoms. The third-order valence-corrected chi connectivity index (χ3v) is 2.28. The Bertz CT molecular complexity index is 468. The standard InChI is InChI=1S/C11H15N3.BrH/c1-11(2,3)9-7-14-6-4-5-8(12)10(14)13-9;/h4-7H,12H2,1-3H3;1H. The molecule has 15 heavy (non-hydrogen) atoms. The Balaban J connectivity index is 0.00000112. The topological polar surface area (TPSA) is 43.3 Å². The van der Waals surface area contributed by atoms with Gasteiger partial charge < -0.3 is 10.1 Å². The van der Waals surface area contributed by atoms with Crippen molar-refractivity contribution in [2.45, 2.75) is 26.2 Å². The van der Waals surface area contributed by atoms with E-state index >= 15 is 0 Å². The molecule has 2 heterocycles. The minimum absolute atomic E-state index is 0. The summed E-state index contributed by atoms with van der Waals surface area (Å²) in [6.07, 6.45) is 4.00. The van der Waals surface area contributed by atoms with Crippen LogP contribution in [0.2, 0.25) is 0 Å². The Morgan fingerprint density at radius 3 is 2.53 bits per heavy atom. The Morgan fingerprint density at radius 2 is 2.00 bits per heavy atom. The average molecular weight is 270 g/mol. The molecule has 4 heteroatoms. The van der Waals surface area contributed by atoms with E-state index in [2.05, 4.69) is 25.8 Å². The molecule has 2 N–H and O–H groups in total. The highest BCUT2D eigenvalue weighted by molar-refractivity contribution is 8.93. The first-order valence-electron chi connectivity index (χ1n) is 4.72. The van der Waals surface area contributed by atoms with Gasteiger partial charge in [-0.2, -0.15) is 0 Å². The van der Waals surface area contributed by atoms with E-state index < -0.39 is 0 Å².